The summed E-state index contributed by atoms with van der Waals surface area (Å²) in [4.78, 5) is 117. The number of unbranched alkanes of at least 4 members (excludes halogenated alkanes) is 1. The molecule has 0 saturated carbocycles. The van der Waals surface area contributed by atoms with Crippen LogP contribution in [0.1, 0.15) is 111 Å². The van der Waals surface area contributed by atoms with E-state index in [1.807, 2.05) is 50.2 Å². The number of aromatic nitrogens is 2. The third-order valence-corrected chi connectivity index (χ3v) is 14.1. The molecule has 17 N–H and O–H groups in total. The van der Waals surface area contributed by atoms with Crippen LogP contribution in [0.4, 0.5) is 0 Å². The molecule has 7 amide bonds. The van der Waals surface area contributed by atoms with E-state index in [1.165, 1.54) is 11.2 Å². The normalized spacial score (nSPS) is 17.8. The molecule has 5 rings (SSSR count). The molecule has 3 heterocycles. The van der Waals surface area contributed by atoms with Crippen LogP contribution < -0.4 is 50.8 Å². The van der Waals surface area contributed by atoms with Crippen molar-refractivity contribution in [2.24, 2.45) is 51.0 Å². The topological polar surface area (TPSA) is 380 Å². The molecule has 23 nitrogen and oxygen atoms in total. The number of nitrogens with two attached hydrogens (primary N) is 7. The predicted molar refractivity (Wildman–Crippen MR) is 289 cm³/mol. The van der Waals surface area contributed by atoms with Gasteiger partial charge in [-0.15, -0.1) is 0 Å². The Balaban J connectivity index is 1.53. The summed E-state index contributed by atoms with van der Waals surface area (Å²) in [7, 11) is 0. The lowest BCUT2D eigenvalue weighted by Crippen LogP contribution is -2.56. The zero-order valence-electron chi connectivity index (χ0n) is 44.2. The summed E-state index contributed by atoms with van der Waals surface area (Å²) in [5.74, 6) is -3.66. The molecule has 2 aromatic carbocycles. The zero-order chi connectivity index (χ0) is 55.3. The number of fused-ring (bicyclic) bond motifs is 2. The van der Waals surface area contributed by atoms with Crippen molar-refractivity contribution in [2.75, 3.05) is 45.8 Å². The molecule has 2 bridgehead atoms. The summed E-state index contributed by atoms with van der Waals surface area (Å²) in [6.45, 7) is 5.25. The zero-order valence-corrected chi connectivity index (χ0v) is 44.2. The number of guanidine groups is 1. The van der Waals surface area contributed by atoms with Crippen molar-refractivity contribution in [3.63, 3.8) is 0 Å². The Hall–Kier alpha value is -6.95. The van der Waals surface area contributed by atoms with Crippen molar-refractivity contribution in [3.8, 4) is 0 Å². The van der Waals surface area contributed by atoms with Crippen molar-refractivity contribution in [2.45, 2.75) is 140 Å². The number of imidazole rings is 1. The first-order valence-electron chi connectivity index (χ1n) is 26.6. The minimum atomic E-state index is -1.07. The van der Waals surface area contributed by atoms with Gasteiger partial charge in [-0.3, -0.25) is 38.6 Å². The third-order valence-electron chi connectivity index (χ3n) is 14.1. The maximum Gasteiger partial charge on any atom is 0.248 e. The fourth-order valence-electron chi connectivity index (χ4n) is 9.71. The molecule has 2 aliphatic rings. The van der Waals surface area contributed by atoms with Crippen molar-refractivity contribution < 1.29 is 33.6 Å². The van der Waals surface area contributed by atoms with Crippen LogP contribution in [-0.4, -0.2) is 159 Å². The van der Waals surface area contributed by atoms with E-state index < -0.39 is 59.9 Å². The number of carbonyl (C=O) groups excluding carboxylic acids is 7. The Bertz CT molecular complexity index is 2420. The summed E-state index contributed by atoms with van der Waals surface area (Å²) in [5, 5.41) is 5.87. The number of aromatic amines is 1. The van der Waals surface area contributed by atoms with Crippen LogP contribution in [0.5, 0.6) is 0 Å². The molecule has 1 aromatic heterocycles. The van der Waals surface area contributed by atoms with Gasteiger partial charge >= 0.3 is 0 Å². The molecule has 76 heavy (non-hydrogen) atoms. The van der Waals surface area contributed by atoms with Gasteiger partial charge in [0.15, 0.2) is 5.96 Å². The minimum absolute atomic E-state index is 0.0189. The number of H-pyrrole nitrogens is 1. The van der Waals surface area contributed by atoms with Crippen LogP contribution in [0.25, 0.3) is 0 Å². The molecule has 416 valence electrons. The van der Waals surface area contributed by atoms with E-state index in [0.29, 0.717) is 74.9 Å². The van der Waals surface area contributed by atoms with E-state index in [2.05, 4.69) is 25.6 Å². The first-order valence-corrected chi connectivity index (χ1v) is 26.6. The highest BCUT2D eigenvalue weighted by Gasteiger charge is 2.39. The standard InChI is InChI=1S/C53H82N16O7/c1-3-34(2)45(65-48(72)41(56)16-9-19-62-53(59)60)52(76)66-20-11-22-67(50(74)43(28-35-13-5-4-6-14-35)64-47(71)40(55)15-7-8-18-54)31-36-25-37(27-38(26-36)46(58)70)32-68(23-12-21-66)51(75)44-17-10-24-69(44)49(73)42(57)29-39-30-61-33-63-39/h4-6,13-14,25-27,30,33-34,40-45H,3,7-12,15-24,28-29,31-32,54-57H2,1-2H3,(H2,58,70)(H,61,63)(H,64,71)(H,65,72)(H4,59,60,62)/t34-,40-,41-,42-,43-,44-,45-/m0/s1. The van der Waals surface area contributed by atoms with Gasteiger partial charge in [-0.25, -0.2) is 4.98 Å². The first-order chi connectivity index (χ1) is 36.4. The monoisotopic (exact) mass is 1050 g/mol. The fraction of sp³-hybridized carbons (Fsp3) is 0.566. The summed E-state index contributed by atoms with van der Waals surface area (Å²) >= 11 is 0. The molecule has 0 spiro atoms. The molecule has 1 saturated heterocycles. The van der Waals surface area contributed by atoms with E-state index >= 15 is 4.79 Å². The largest absolute Gasteiger partial charge is 0.370 e. The van der Waals surface area contributed by atoms with Crippen molar-refractivity contribution in [1.29, 1.82) is 0 Å². The summed E-state index contributed by atoms with van der Waals surface area (Å²) < 4.78 is 0. The Kier molecular flexibility index (Phi) is 23.6. The molecule has 3 aromatic rings. The van der Waals surface area contributed by atoms with Gasteiger partial charge in [-0.05, 0) is 92.7 Å². The molecular weight excluding hydrogens is 973 g/mol. The van der Waals surface area contributed by atoms with Gasteiger partial charge in [0.05, 0.1) is 24.5 Å². The highest BCUT2D eigenvalue weighted by Crippen LogP contribution is 2.25. The number of amides is 7. The first kappa shape index (κ1) is 59.9. The molecule has 7 atom stereocenters. The van der Waals surface area contributed by atoms with Gasteiger partial charge in [-0.1, -0.05) is 63.1 Å². The average molecular weight is 1060 g/mol. The quantitative estimate of drug-likeness (QED) is 0.0324. The minimum Gasteiger partial charge on any atom is -0.370 e. The highest BCUT2D eigenvalue weighted by molar-refractivity contribution is 5.94. The van der Waals surface area contributed by atoms with Gasteiger partial charge in [0, 0.05) is 82.7 Å². The molecule has 0 unspecified atom stereocenters. The SMILES string of the molecule is CC[C@H](C)[C@H](NC(=O)[C@@H](N)CCCN=C(N)N)C(=O)N1CCCN(C(=O)[C@H](Cc2ccccc2)NC(=O)[C@@H](N)CCCCN)Cc2cc(cc(C(N)=O)c2)CN(C(=O)[C@@H]2CCCN2C(=O)[C@@H](N)Cc2cnc[nH]2)CCC1. The number of nitrogens with one attached hydrogen (secondary N) is 3. The third kappa shape index (κ3) is 17.8. The van der Waals surface area contributed by atoms with Crippen LogP contribution in [-0.2, 0) is 54.7 Å². The van der Waals surface area contributed by atoms with E-state index in [1.54, 1.807) is 33.0 Å². The maximum absolute atomic E-state index is 15.2. The molecular formula is C53H82N16O7. The van der Waals surface area contributed by atoms with Crippen molar-refractivity contribution in [1.82, 2.24) is 40.2 Å². The molecule has 0 radical (unpaired) electrons. The average Bonchev–Trinajstić information content (AvgIpc) is 4.12. The van der Waals surface area contributed by atoms with Crippen LogP contribution in [0.2, 0.25) is 0 Å². The van der Waals surface area contributed by atoms with Crippen LogP contribution in [0.15, 0.2) is 66.0 Å². The Labute approximate surface area is 445 Å². The van der Waals surface area contributed by atoms with Gasteiger partial charge in [0.1, 0.15) is 18.1 Å². The van der Waals surface area contributed by atoms with Gasteiger partial charge in [0.2, 0.25) is 41.4 Å². The maximum atomic E-state index is 15.2. The van der Waals surface area contributed by atoms with Crippen LogP contribution in [0, 0.1) is 5.92 Å². The van der Waals surface area contributed by atoms with Gasteiger partial charge in [0.25, 0.3) is 0 Å². The number of hydrogen-bond donors (Lipinski definition) is 10. The fourth-order valence-corrected chi connectivity index (χ4v) is 9.71. The second kappa shape index (κ2) is 30.0. The van der Waals surface area contributed by atoms with Crippen LogP contribution >= 0.6 is 0 Å². The molecule has 2 aliphatic heterocycles. The lowest BCUT2D eigenvalue weighted by molar-refractivity contribution is -0.145. The number of likely N-dealkylation sites (tertiary alicyclic amines) is 1. The van der Waals surface area contributed by atoms with E-state index in [4.69, 9.17) is 40.1 Å². The Morgan fingerprint density at radius 2 is 1.37 bits per heavy atom. The van der Waals surface area contributed by atoms with E-state index in [0.717, 1.165) is 5.56 Å². The predicted octanol–water partition coefficient (Wildman–Crippen LogP) is -0.555. The van der Waals surface area contributed by atoms with E-state index in [-0.39, 0.29) is 113 Å². The smallest absolute Gasteiger partial charge is 0.248 e. The number of hydrogen-bond acceptors (Lipinski definition) is 13. The second-order valence-corrected chi connectivity index (χ2v) is 20.1. The van der Waals surface area contributed by atoms with Gasteiger partial charge < -0.3 is 75.4 Å². The number of benzene rings is 2. The number of nitrogens with zero attached hydrogens (tertiary/aromatic N) is 6. The Morgan fingerprint density at radius 1 is 0.737 bits per heavy atom. The molecule has 1 fully saturated rings. The second-order valence-electron chi connectivity index (χ2n) is 20.1. The van der Waals surface area contributed by atoms with Crippen molar-refractivity contribution in [3.05, 3.63) is 89.0 Å². The van der Waals surface area contributed by atoms with Gasteiger partial charge in [-0.2, -0.15) is 0 Å². The lowest BCUT2D eigenvalue weighted by Gasteiger charge is -2.35. The molecule has 23 heteroatoms. The molecule has 0 aliphatic carbocycles. The van der Waals surface area contributed by atoms with E-state index in [9.17, 15) is 28.8 Å². The summed E-state index contributed by atoms with van der Waals surface area (Å²) in [5.41, 5.74) is 44.4. The van der Waals surface area contributed by atoms with Crippen molar-refractivity contribution >= 4 is 47.3 Å². The Morgan fingerprint density at radius 3 is 1.99 bits per heavy atom. The van der Waals surface area contributed by atoms with Crippen LogP contribution in [0.3, 0.4) is 0 Å². The number of primary amides is 1. The summed E-state index contributed by atoms with van der Waals surface area (Å²) in [6.07, 6.45) is 7.78. The number of rotatable bonds is 23. The number of aliphatic imine (C=N–C) groups is 1. The number of carbonyl (C=O) groups is 7. The lowest BCUT2D eigenvalue weighted by atomic mass is 9.96. The highest BCUT2D eigenvalue weighted by atomic mass is 16.2. The summed E-state index contributed by atoms with van der Waals surface area (Å²) in [6, 6.07) is 8.58.